The molecule has 0 aliphatic heterocycles. The third kappa shape index (κ3) is 2.00. The Morgan fingerprint density at radius 1 is 1.15 bits per heavy atom. The van der Waals surface area contributed by atoms with Gasteiger partial charge in [0.1, 0.15) is 17.6 Å². The molecule has 5 heteroatoms. The SMILES string of the molecule is O=C1CC(Oc2ccccc2C(F)(F)F)C12CCCC2. The van der Waals surface area contributed by atoms with E-state index in [1.54, 1.807) is 0 Å². The molecule has 2 aliphatic rings. The van der Waals surface area contributed by atoms with Crippen molar-refractivity contribution in [1.82, 2.24) is 0 Å². The minimum absolute atomic E-state index is 0.143. The van der Waals surface area contributed by atoms with Crippen molar-refractivity contribution >= 4 is 5.78 Å². The number of rotatable bonds is 2. The summed E-state index contributed by atoms with van der Waals surface area (Å²) < 4.78 is 44.3. The molecule has 0 radical (unpaired) electrons. The van der Waals surface area contributed by atoms with Crippen LogP contribution >= 0.6 is 0 Å². The first-order valence-electron chi connectivity index (χ1n) is 6.80. The van der Waals surface area contributed by atoms with Crippen LogP contribution in [0.15, 0.2) is 24.3 Å². The smallest absolute Gasteiger partial charge is 0.419 e. The molecule has 2 saturated carbocycles. The van der Waals surface area contributed by atoms with Gasteiger partial charge in [-0.3, -0.25) is 4.79 Å². The molecule has 2 aliphatic carbocycles. The molecule has 3 rings (SSSR count). The van der Waals surface area contributed by atoms with Crippen LogP contribution in [-0.2, 0) is 11.0 Å². The molecule has 1 aromatic carbocycles. The van der Waals surface area contributed by atoms with Gasteiger partial charge in [0.15, 0.2) is 0 Å². The number of carbonyl (C=O) groups is 1. The molecule has 0 aromatic heterocycles. The molecule has 0 amide bonds. The predicted octanol–water partition coefficient (Wildman–Crippen LogP) is 3.99. The van der Waals surface area contributed by atoms with Crippen molar-refractivity contribution < 1.29 is 22.7 Å². The van der Waals surface area contributed by atoms with Gasteiger partial charge in [-0.05, 0) is 25.0 Å². The Morgan fingerprint density at radius 2 is 1.80 bits per heavy atom. The van der Waals surface area contributed by atoms with Crippen LogP contribution in [0.2, 0.25) is 0 Å². The zero-order valence-electron chi connectivity index (χ0n) is 10.9. The van der Waals surface area contributed by atoms with Gasteiger partial charge in [-0.25, -0.2) is 0 Å². The van der Waals surface area contributed by atoms with E-state index in [1.165, 1.54) is 18.2 Å². The number of ether oxygens (including phenoxy) is 1. The highest BCUT2D eigenvalue weighted by Gasteiger charge is 2.57. The Morgan fingerprint density at radius 3 is 2.40 bits per heavy atom. The van der Waals surface area contributed by atoms with E-state index in [1.807, 2.05) is 0 Å². The topological polar surface area (TPSA) is 26.3 Å². The fourth-order valence-electron chi connectivity index (χ4n) is 3.33. The van der Waals surface area contributed by atoms with E-state index < -0.39 is 23.3 Å². The number of benzene rings is 1. The van der Waals surface area contributed by atoms with Crippen molar-refractivity contribution in [2.24, 2.45) is 5.41 Å². The zero-order chi connectivity index (χ0) is 14.4. The fourth-order valence-corrected chi connectivity index (χ4v) is 3.33. The molecule has 0 saturated heterocycles. The summed E-state index contributed by atoms with van der Waals surface area (Å²) in [6.45, 7) is 0. The average Bonchev–Trinajstić information content (AvgIpc) is 2.90. The molecule has 1 atom stereocenters. The molecule has 108 valence electrons. The maximum Gasteiger partial charge on any atom is 0.419 e. The lowest BCUT2D eigenvalue weighted by Gasteiger charge is -2.45. The van der Waals surface area contributed by atoms with E-state index in [9.17, 15) is 18.0 Å². The molecule has 0 N–H and O–H groups in total. The Bertz CT molecular complexity index is 530. The molecule has 0 bridgehead atoms. The number of halogens is 3. The van der Waals surface area contributed by atoms with Gasteiger partial charge in [0, 0.05) is 6.42 Å². The van der Waals surface area contributed by atoms with Crippen LogP contribution in [0.25, 0.3) is 0 Å². The number of alkyl halides is 3. The average molecular weight is 284 g/mol. The summed E-state index contributed by atoms with van der Waals surface area (Å²) in [6.07, 6.45) is -1.23. The maximum absolute atomic E-state index is 12.9. The first kappa shape index (κ1) is 13.5. The number of hydrogen-bond donors (Lipinski definition) is 0. The van der Waals surface area contributed by atoms with Crippen molar-refractivity contribution in [3.05, 3.63) is 29.8 Å². The second kappa shape index (κ2) is 4.50. The lowest BCUT2D eigenvalue weighted by atomic mass is 9.63. The van der Waals surface area contributed by atoms with Crippen molar-refractivity contribution in [2.75, 3.05) is 0 Å². The van der Waals surface area contributed by atoms with Gasteiger partial charge in [0.25, 0.3) is 0 Å². The van der Waals surface area contributed by atoms with E-state index in [0.717, 1.165) is 31.7 Å². The molecular weight excluding hydrogens is 269 g/mol. The molecular formula is C15H15F3O2. The number of ketones is 1. The predicted molar refractivity (Wildman–Crippen MR) is 66.4 cm³/mol. The molecule has 20 heavy (non-hydrogen) atoms. The fraction of sp³-hybridized carbons (Fsp3) is 0.533. The summed E-state index contributed by atoms with van der Waals surface area (Å²) in [4.78, 5) is 11.8. The molecule has 1 unspecified atom stereocenters. The molecule has 1 spiro atoms. The van der Waals surface area contributed by atoms with E-state index in [-0.39, 0.29) is 18.0 Å². The normalized spacial score (nSPS) is 24.8. The van der Waals surface area contributed by atoms with Gasteiger partial charge in [-0.15, -0.1) is 0 Å². The van der Waals surface area contributed by atoms with Crippen LogP contribution in [0.5, 0.6) is 5.75 Å². The van der Waals surface area contributed by atoms with Gasteiger partial charge in [-0.1, -0.05) is 25.0 Å². The summed E-state index contributed by atoms with van der Waals surface area (Å²) in [7, 11) is 0. The number of carbonyl (C=O) groups excluding carboxylic acids is 1. The van der Waals surface area contributed by atoms with E-state index in [2.05, 4.69) is 0 Å². The van der Waals surface area contributed by atoms with E-state index in [4.69, 9.17) is 4.74 Å². The highest BCUT2D eigenvalue weighted by molar-refractivity contribution is 5.92. The highest BCUT2D eigenvalue weighted by Crippen LogP contribution is 2.52. The van der Waals surface area contributed by atoms with Crippen molar-refractivity contribution in [1.29, 1.82) is 0 Å². The van der Waals surface area contributed by atoms with Gasteiger partial charge >= 0.3 is 6.18 Å². The Kier molecular flexibility index (Phi) is 3.03. The molecule has 0 heterocycles. The van der Waals surface area contributed by atoms with Crippen molar-refractivity contribution in [2.45, 2.75) is 44.4 Å². The molecule has 1 aromatic rings. The van der Waals surface area contributed by atoms with Crippen LogP contribution < -0.4 is 4.74 Å². The third-order valence-electron chi connectivity index (χ3n) is 4.50. The van der Waals surface area contributed by atoms with Gasteiger partial charge in [0.05, 0.1) is 11.0 Å². The van der Waals surface area contributed by atoms with Crippen molar-refractivity contribution in [3.63, 3.8) is 0 Å². The first-order chi connectivity index (χ1) is 9.43. The van der Waals surface area contributed by atoms with Crippen LogP contribution in [-0.4, -0.2) is 11.9 Å². The summed E-state index contributed by atoms with van der Waals surface area (Å²) in [5.41, 5.74) is -1.29. The standard InChI is InChI=1S/C15H15F3O2/c16-15(17,18)10-5-1-2-6-11(10)20-13-9-12(19)14(13)7-3-4-8-14/h1-2,5-6,13H,3-4,7-9H2. The van der Waals surface area contributed by atoms with Gasteiger partial charge in [-0.2, -0.15) is 13.2 Å². The monoisotopic (exact) mass is 284 g/mol. The summed E-state index contributed by atoms with van der Waals surface area (Å²) in [5.74, 6) is -0.0201. The van der Waals surface area contributed by atoms with Crippen LogP contribution in [0.1, 0.15) is 37.7 Å². The number of para-hydroxylation sites is 1. The molecule has 2 nitrogen and oxygen atoms in total. The third-order valence-corrected chi connectivity index (χ3v) is 4.50. The Hall–Kier alpha value is -1.52. The van der Waals surface area contributed by atoms with Crippen LogP contribution in [0.3, 0.4) is 0 Å². The quantitative estimate of drug-likeness (QED) is 0.821. The van der Waals surface area contributed by atoms with Gasteiger partial charge in [0.2, 0.25) is 0 Å². The maximum atomic E-state index is 12.9. The summed E-state index contributed by atoms with van der Waals surface area (Å²) in [5, 5.41) is 0. The largest absolute Gasteiger partial charge is 0.488 e. The van der Waals surface area contributed by atoms with Gasteiger partial charge < -0.3 is 4.74 Å². The summed E-state index contributed by atoms with van der Waals surface area (Å²) >= 11 is 0. The Labute approximate surface area is 114 Å². The minimum Gasteiger partial charge on any atom is -0.488 e. The van der Waals surface area contributed by atoms with Crippen LogP contribution in [0.4, 0.5) is 13.2 Å². The summed E-state index contributed by atoms with van der Waals surface area (Å²) in [6, 6.07) is 5.20. The second-order valence-corrected chi connectivity index (χ2v) is 5.59. The number of Topliss-reactive ketones (excluding diaryl/α,β-unsaturated/α-hetero) is 1. The zero-order valence-corrected chi connectivity index (χ0v) is 10.9. The number of hydrogen-bond acceptors (Lipinski definition) is 2. The van der Waals surface area contributed by atoms with Crippen molar-refractivity contribution in [3.8, 4) is 5.75 Å². The highest BCUT2D eigenvalue weighted by atomic mass is 19.4. The lowest BCUT2D eigenvalue weighted by Crippen LogP contribution is -2.55. The van der Waals surface area contributed by atoms with E-state index in [0.29, 0.717) is 0 Å². The van der Waals surface area contributed by atoms with E-state index >= 15 is 0 Å². The first-order valence-corrected chi connectivity index (χ1v) is 6.80. The second-order valence-electron chi connectivity index (χ2n) is 5.59. The Balaban J connectivity index is 1.84. The lowest BCUT2D eigenvalue weighted by molar-refractivity contribution is -0.153. The minimum atomic E-state index is -4.44. The molecule has 2 fully saturated rings. The van der Waals surface area contributed by atoms with Crippen LogP contribution in [0, 0.1) is 5.41 Å².